The molecule has 0 fully saturated rings. The van der Waals surface area contributed by atoms with Crippen molar-refractivity contribution in [2.45, 2.75) is 0 Å². The number of carbonyl (C=O) groups is 1. The number of rotatable bonds is 6. The zero-order valence-corrected chi connectivity index (χ0v) is 12.9. The van der Waals surface area contributed by atoms with Gasteiger partial charge in [0.05, 0.1) is 6.54 Å². The molecular formula is C16H15FN2O3S. The zero-order valence-electron chi connectivity index (χ0n) is 12.1. The molecule has 1 amide bonds. The third kappa shape index (κ3) is 6.01. The Kier molecular flexibility index (Phi) is 5.61. The quantitative estimate of drug-likeness (QED) is 0.851. The maximum atomic E-state index is 13.0. The second-order valence-corrected chi connectivity index (χ2v) is 6.29. The van der Waals surface area contributed by atoms with E-state index >= 15 is 0 Å². The summed E-state index contributed by atoms with van der Waals surface area (Å²) in [6.07, 6.45) is 1.42. The molecule has 0 unspecified atom stereocenters. The number of halogens is 1. The third-order valence-electron chi connectivity index (χ3n) is 2.78. The molecule has 23 heavy (non-hydrogen) atoms. The zero-order chi connectivity index (χ0) is 16.7. The monoisotopic (exact) mass is 334 g/mol. The van der Waals surface area contributed by atoms with Crippen molar-refractivity contribution in [3.63, 3.8) is 0 Å². The number of anilines is 1. The number of hydrogen-bond donors (Lipinski definition) is 2. The fourth-order valence-electron chi connectivity index (χ4n) is 1.72. The maximum Gasteiger partial charge on any atom is 0.239 e. The van der Waals surface area contributed by atoms with Gasteiger partial charge in [0.2, 0.25) is 15.9 Å². The van der Waals surface area contributed by atoms with E-state index in [2.05, 4.69) is 10.0 Å². The Balaban J connectivity index is 1.89. The second kappa shape index (κ2) is 7.66. The first-order valence-corrected chi connectivity index (χ1v) is 8.27. The van der Waals surface area contributed by atoms with Crippen molar-refractivity contribution in [1.29, 1.82) is 0 Å². The van der Waals surface area contributed by atoms with Crippen molar-refractivity contribution in [1.82, 2.24) is 4.72 Å². The van der Waals surface area contributed by atoms with Crippen LogP contribution in [0.15, 0.2) is 60.0 Å². The standard InChI is InChI=1S/C16H15FN2O3S/c17-14-7-4-8-15(11-14)19-16(20)12-18-23(21,22)10-9-13-5-2-1-3-6-13/h1-11,18H,12H2,(H,19,20). The molecule has 120 valence electrons. The Morgan fingerprint density at radius 2 is 1.83 bits per heavy atom. The van der Waals surface area contributed by atoms with Crippen molar-refractivity contribution in [2.24, 2.45) is 0 Å². The van der Waals surface area contributed by atoms with E-state index in [1.54, 1.807) is 24.3 Å². The average Bonchev–Trinajstić information content (AvgIpc) is 2.52. The number of carbonyl (C=O) groups excluding carboxylic acids is 1. The lowest BCUT2D eigenvalue weighted by Crippen LogP contribution is -2.31. The van der Waals surface area contributed by atoms with Crippen LogP contribution in [0.25, 0.3) is 6.08 Å². The van der Waals surface area contributed by atoms with E-state index in [1.165, 1.54) is 24.3 Å². The molecule has 0 aliphatic rings. The molecule has 0 aliphatic carbocycles. The molecule has 0 atom stereocenters. The topological polar surface area (TPSA) is 75.3 Å². The summed E-state index contributed by atoms with van der Waals surface area (Å²) in [4.78, 5) is 11.7. The SMILES string of the molecule is O=C(CNS(=O)(=O)C=Cc1ccccc1)Nc1cccc(F)c1. The van der Waals surface area contributed by atoms with Crippen LogP contribution in [0.4, 0.5) is 10.1 Å². The maximum absolute atomic E-state index is 13.0. The number of sulfonamides is 1. The summed E-state index contributed by atoms with van der Waals surface area (Å²) in [6.45, 7) is -0.446. The Labute approximate surface area is 133 Å². The summed E-state index contributed by atoms with van der Waals surface area (Å²) < 4.78 is 38.7. The normalized spacial score (nSPS) is 11.5. The largest absolute Gasteiger partial charge is 0.325 e. The smallest absolute Gasteiger partial charge is 0.239 e. The van der Waals surface area contributed by atoms with E-state index < -0.39 is 28.3 Å². The van der Waals surface area contributed by atoms with Crippen molar-refractivity contribution < 1.29 is 17.6 Å². The van der Waals surface area contributed by atoms with E-state index in [9.17, 15) is 17.6 Å². The minimum atomic E-state index is -3.74. The highest BCUT2D eigenvalue weighted by Crippen LogP contribution is 2.08. The van der Waals surface area contributed by atoms with Crippen LogP contribution in [-0.2, 0) is 14.8 Å². The Bertz CT molecular complexity index is 805. The van der Waals surface area contributed by atoms with Gasteiger partial charge >= 0.3 is 0 Å². The minimum absolute atomic E-state index is 0.258. The summed E-state index contributed by atoms with van der Waals surface area (Å²) in [5.41, 5.74) is 0.983. The second-order valence-electron chi connectivity index (χ2n) is 4.64. The fraction of sp³-hybridized carbons (Fsp3) is 0.0625. The van der Waals surface area contributed by atoms with Gasteiger partial charge in [-0.2, -0.15) is 0 Å². The first kappa shape index (κ1) is 16.9. The van der Waals surface area contributed by atoms with Crippen molar-refractivity contribution in [2.75, 3.05) is 11.9 Å². The highest BCUT2D eigenvalue weighted by Gasteiger charge is 2.09. The van der Waals surface area contributed by atoms with Crippen molar-refractivity contribution >= 4 is 27.7 Å². The number of amides is 1. The van der Waals surface area contributed by atoms with Gasteiger partial charge in [0.25, 0.3) is 0 Å². The summed E-state index contributed by atoms with van der Waals surface area (Å²) in [5.74, 6) is -1.08. The molecule has 7 heteroatoms. The third-order valence-corrected chi connectivity index (χ3v) is 3.82. The summed E-state index contributed by atoms with van der Waals surface area (Å²) in [5, 5.41) is 3.38. The first-order valence-electron chi connectivity index (χ1n) is 6.73. The van der Waals surface area contributed by atoms with Crippen LogP contribution in [0, 0.1) is 5.82 Å². The van der Waals surface area contributed by atoms with E-state index in [0.717, 1.165) is 17.0 Å². The van der Waals surface area contributed by atoms with Gasteiger partial charge in [-0.1, -0.05) is 36.4 Å². The van der Waals surface area contributed by atoms with Gasteiger partial charge in [-0.15, -0.1) is 0 Å². The van der Waals surface area contributed by atoms with Gasteiger partial charge in [-0.25, -0.2) is 17.5 Å². The summed E-state index contributed by atoms with van der Waals surface area (Å²) >= 11 is 0. The number of benzene rings is 2. The van der Waals surface area contributed by atoms with Gasteiger partial charge in [-0.05, 0) is 29.8 Å². The lowest BCUT2D eigenvalue weighted by molar-refractivity contribution is -0.115. The molecule has 0 aromatic heterocycles. The minimum Gasteiger partial charge on any atom is -0.325 e. The van der Waals surface area contributed by atoms with Crippen molar-refractivity contribution in [3.8, 4) is 0 Å². The molecule has 0 heterocycles. The molecule has 2 aromatic carbocycles. The molecule has 0 saturated heterocycles. The Morgan fingerprint density at radius 3 is 2.52 bits per heavy atom. The molecule has 2 aromatic rings. The van der Waals surface area contributed by atoms with E-state index in [-0.39, 0.29) is 5.69 Å². The molecule has 0 aliphatic heterocycles. The molecule has 5 nitrogen and oxygen atoms in total. The lowest BCUT2D eigenvalue weighted by atomic mass is 10.2. The van der Waals surface area contributed by atoms with Crippen LogP contribution in [-0.4, -0.2) is 20.9 Å². The van der Waals surface area contributed by atoms with Crippen molar-refractivity contribution in [3.05, 3.63) is 71.4 Å². The molecular weight excluding hydrogens is 319 g/mol. The van der Waals surface area contributed by atoms with Crippen LogP contribution in [0.1, 0.15) is 5.56 Å². The predicted octanol–water partition coefficient (Wildman–Crippen LogP) is 2.35. The van der Waals surface area contributed by atoms with Gasteiger partial charge < -0.3 is 5.32 Å². The van der Waals surface area contributed by atoms with Crippen LogP contribution in [0.2, 0.25) is 0 Å². The molecule has 0 radical (unpaired) electrons. The highest BCUT2D eigenvalue weighted by atomic mass is 32.2. The summed E-state index contributed by atoms with van der Waals surface area (Å²) in [7, 11) is -3.74. The molecule has 2 N–H and O–H groups in total. The predicted molar refractivity (Wildman–Crippen MR) is 87.4 cm³/mol. The Morgan fingerprint density at radius 1 is 1.09 bits per heavy atom. The molecule has 0 saturated carbocycles. The molecule has 2 rings (SSSR count). The first-order chi connectivity index (χ1) is 10.9. The number of hydrogen-bond acceptors (Lipinski definition) is 3. The van der Waals surface area contributed by atoms with Gasteiger partial charge in [0.15, 0.2) is 0 Å². The van der Waals surface area contributed by atoms with Crippen LogP contribution >= 0.6 is 0 Å². The summed E-state index contributed by atoms with van der Waals surface area (Å²) in [6, 6.07) is 14.2. The van der Waals surface area contributed by atoms with Crippen LogP contribution in [0.5, 0.6) is 0 Å². The number of nitrogens with one attached hydrogen (secondary N) is 2. The lowest BCUT2D eigenvalue weighted by Gasteiger charge is -2.06. The van der Waals surface area contributed by atoms with Gasteiger partial charge in [0.1, 0.15) is 5.82 Å². The fourth-order valence-corrected chi connectivity index (χ4v) is 2.48. The van der Waals surface area contributed by atoms with E-state index in [0.29, 0.717) is 0 Å². The van der Waals surface area contributed by atoms with E-state index in [4.69, 9.17) is 0 Å². The Hall–Kier alpha value is -2.51. The van der Waals surface area contributed by atoms with Crippen LogP contribution in [0.3, 0.4) is 0 Å². The average molecular weight is 334 g/mol. The van der Waals surface area contributed by atoms with Gasteiger partial charge in [-0.3, -0.25) is 4.79 Å². The highest BCUT2D eigenvalue weighted by molar-refractivity contribution is 7.92. The van der Waals surface area contributed by atoms with E-state index in [1.807, 2.05) is 6.07 Å². The molecule has 0 spiro atoms. The molecule has 0 bridgehead atoms. The van der Waals surface area contributed by atoms with Gasteiger partial charge in [0, 0.05) is 11.1 Å². The van der Waals surface area contributed by atoms with Crippen LogP contribution < -0.4 is 10.0 Å².